The van der Waals surface area contributed by atoms with Gasteiger partial charge in [0.15, 0.2) is 5.60 Å². The van der Waals surface area contributed by atoms with Crippen LogP contribution in [0.5, 0.6) is 11.5 Å². The average molecular weight is 517 g/mol. The number of nitrogens with one attached hydrogen (secondary N) is 1. The standard InChI is InChI=1S/C27H27F3N2O5/c1-16-15-20(9-12-23(16)37-26(3,4)25(34)35)36-14-13-31-24(33)21-10-11-22(32-17(21)2)18-5-7-19(8-6-18)27(28,29)30/h5-12,15H,13-14H2,1-4H3,(H,31,33)(H,34,35). The van der Waals surface area contributed by atoms with Crippen molar-refractivity contribution in [2.75, 3.05) is 13.2 Å². The lowest BCUT2D eigenvalue weighted by Crippen LogP contribution is -2.38. The van der Waals surface area contributed by atoms with Crippen LogP contribution in [-0.2, 0) is 11.0 Å². The van der Waals surface area contributed by atoms with Crippen molar-refractivity contribution >= 4 is 11.9 Å². The number of carbonyl (C=O) groups excluding carboxylic acids is 1. The molecule has 2 N–H and O–H groups in total. The first-order valence-corrected chi connectivity index (χ1v) is 11.4. The number of hydrogen-bond donors (Lipinski definition) is 2. The fraction of sp³-hybridized carbons (Fsp3) is 0.296. The van der Waals surface area contributed by atoms with Crippen LogP contribution in [0.2, 0.25) is 0 Å². The molecule has 1 aromatic heterocycles. The summed E-state index contributed by atoms with van der Waals surface area (Å²) in [5, 5.41) is 12.0. The first-order chi connectivity index (χ1) is 17.3. The molecule has 1 heterocycles. The molecule has 1 amide bonds. The molecule has 0 fully saturated rings. The molecule has 37 heavy (non-hydrogen) atoms. The molecule has 0 radical (unpaired) electrons. The molecule has 7 nitrogen and oxygen atoms in total. The van der Waals surface area contributed by atoms with Crippen molar-refractivity contribution in [3.05, 3.63) is 77.0 Å². The fourth-order valence-electron chi connectivity index (χ4n) is 3.37. The van der Waals surface area contributed by atoms with Crippen LogP contribution in [0.25, 0.3) is 11.3 Å². The van der Waals surface area contributed by atoms with E-state index >= 15 is 0 Å². The van der Waals surface area contributed by atoms with Crippen molar-refractivity contribution in [3.8, 4) is 22.8 Å². The quantitative estimate of drug-likeness (QED) is 0.368. The number of carbonyl (C=O) groups is 2. The van der Waals surface area contributed by atoms with Gasteiger partial charge in [-0.15, -0.1) is 0 Å². The van der Waals surface area contributed by atoms with Crippen molar-refractivity contribution in [2.45, 2.75) is 39.5 Å². The number of halogens is 3. The third kappa shape index (κ3) is 6.99. The van der Waals surface area contributed by atoms with Crippen LogP contribution in [0, 0.1) is 13.8 Å². The number of aliphatic carboxylic acids is 1. The minimum absolute atomic E-state index is 0.183. The number of aromatic nitrogens is 1. The van der Waals surface area contributed by atoms with Gasteiger partial charge in [0.2, 0.25) is 0 Å². The van der Waals surface area contributed by atoms with Crippen LogP contribution in [0.3, 0.4) is 0 Å². The number of carboxylic acids is 1. The molecular weight excluding hydrogens is 489 g/mol. The summed E-state index contributed by atoms with van der Waals surface area (Å²) in [4.78, 5) is 28.2. The van der Waals surface area contributed by atoms with Crippen LogP contribution < -0.4 is 14.8 Å². The molecule has 0 saturated heterocycles. The molecule has 3 rings (SSSR count). The van der Waals surface area contributed by atoms with Crippen molar-refractivity contribution in [2.24, 2.45) is 0 Å². The van der Waals surface area contributed by atoms with E-state index in [0.717, 1.165) is 12.1 Å². The minimum atomic E-state index is -4.41. The maximum atomic E-state index is 12.8. The SMILES string of the molecule is Cc1cc(OCCNC(=O)c2ccc(-c3ccc(C(F)(F)F)cc3)nc2C)ccc1OC(C)(C)C(=O)O. The van der Waals surface area contributed by atoms with E-state index in [2.05, 4.69) is 10.3 Å². The maximum absolute atomic E-state index is 12.8. The Hall–Kier alpha value is -4.08. The van der Waals surface area contributed by atoms with E-state index in [9.17, 15) is 27.9 Å². The highest BCUT2D eigenvalue weighted by molar-refractivity contribution is 5.95. The topological polar surface area (TPSA) is 97.8 Å². The van der Waals surface area contributed by atoms with Crippen LogP contribution >= 0.6 is 0 Å². The molecule has 3 aromatic rings. The molecule has 0 aliphatic rings. The van der Waals surface area contributed by atoms with E-state index in [1.165, 1.54) is 26.0 Å². The van der Waals surface area contributed by atoms with Crippen molar-refractivity contribution in [1.82, 2.24) is 10.3 Å². The number of benzene rings is 2. The van der Waals surface area contributed by atoms with Crippen LogP contribution in [0.1, 0.15) is 41.0 Å². The second-order valence-corrected chi connectivity index (χ2v) is 8.85. The third-order valence-electron chi connectivity index (χ3n) is 5.52. The predicted octanol–water partition coefficient (Wildman–Crippen LogP) is 5.44. The molecule has 0 saturated carbocycles. The summed E-state index contributed by atoms with van der Waals surface area (Å²) in [6, 6.07) is 12.8. The Kier molecular flexibility index (Phi) is 8.10. The van der Waals surface area contributed by atoms with Gasteiger partial charge in [0.1, 0.15) is 18.1 Å². The Balaban J connectivity index is 1.54. The number of carboxylic acid groups (broad SMARTS) is 1. The average Bonchev–Trinajstić information content (AvgIpc) is 2.82. The number of rotatable bonds is 9. The van der Waals surface area contributed by atoms with Crippen molar-refractivity contribution in [1.29, 1.82) is 0 Å². The summed E-state index contributed by atoms with van der Waals surface area (Å²) < 4.78 is 49.5. The van der Waals surface area contributed by atoms with Crippen molar-refractivity contribution in [3.63, 3.8) is 0 Å². The van der Waals surface area contributed by atoms with Gasteiger partial charge in [-0.2, -0.15) is 13.2 Å². The molecule has 0 spiro atoms. The lowest BCUT2D eigenvalue weighted by molar-refractivity contribution is -0.152. The normalized spacial score (nSPS) is 11.6. The summed E-state index contributed by atoms with van der Waals surface area (Å²) in [7, 11) is 0. The zero-order valence-corrected chi connectivity index (χ0v) is 20.8. The van der Waals surface area contributed by atoms with Gasteiger partial charge in [0.25, 0.3) is 5.91 Å². The lowest BCUT2D eigenvalue weighted by Gasteiger charge is -2.23. The molecular formula is C27H27F3N2O5. The van der Waals surface area contributed by atoms with Gasteiger partial charge in [-0.3, -0.25) is 9.78 Å². The Morgan fingerprint density at radius 3 is 2.24 bits per heavy atom. The summed E-state index contributed by atoms with van der Waals surface area (Å²) >= 11 is 0. The van der Waals surface area contributed by atoms with E-state index in [1.54, 1.807) is 44.2 Å². The van der Waals surface area contributed by atoms with Crippen LogP contribution in [-0.4, -0.2) is 40.7 Å². The van der Waals surface area contributed by atoms with E-state index in [4.69, 9.17) is 9.47 Å². The van der Waals surface area contributed by atoms with Gasteiger partial charge in [0.05, 0.1) is 29.1 Å². The van der Waals surface area contributed by atoms with Gasteiger partial charge in [0, 0.05) is 5.56 Å². The van der Waals surface area contributed by atoms with E-state index in [1.807, 2.05) is 0 Å². The lowest BCUT2D eigenvalue weighted by atomic mass is 10.1. The summed E-state index contributed by atoms with van der Waals surface area (Å²) in [6.45, 7) is 6.73. The Morgan fingerprint density at radius 2 is 1.68 bits per heavy atom. The van der Waals surface area contributed by atoms with E-state index in [-0.39, 0.29) is 19.1 Å². The molecule has 2 aromatic carbocycles. The van der Waals surface area contributed by atoms with Gasteiger partial charge in [-0.05, 0) is 75.7 Å². The molecule has 10 heteroatoms. The second-order valence-electron chi connectivity index (χ2n) is 8.85. The molecule has 196 valence electrons. The van der Waals surface area contributed by atoms with Crippen molar-refractivity contribution < 1.29 is 37.3 Å². The molecule has 0 unspecified atom stereocenters. The first-order valence-electron chi connectivity index (χ1n) is 11.4. The highest BCUT2D eigenvalue weighted by Crippen LogP contribution is 2.31. The summed E-state index contributed by atoms with van der Waals surface area (Å²) in [5.74, 6) is -0.479. The maximum Gasteiger partial charge on any atom is 0.416 e. The van der Waals surface area contributed by atoms with E-state index < -0.39 is 23.3 Å². The fourth-order valence-corrected chi connectivity index (χ4v) is 3.37. The molecule has 0 bridgehead atoms. The number of amides is 1. The number of hydrogen-bond acceptors (Lipinski definition) is 5. The zero-order valence-electron chi connectivity index (χ0n) is 20.8. The zero-order chi connectivity index (χ0) is 27.4. The Morgan fingerprint density at radius 1 is 1.00 bits per heavy atom. The predicted molar refractivity (Wildman–Crippen MR) is 131 cm³/mol. The van der Waals surface area contributed by atoms with Gasteiger partial charge < -0.3 is 19.9 Å². The monoisotopic (exact) mass is 516 g/mol. The van der Waals surface area contributed by atoms with Gasteiger partial charge in [-0.25, -0.2) is 4.79 Å². The minimum Gasteiger partial charge on any atom is -0.492 e. The van der Waals surface area contributed by atoms with Crippen LogP contribution in [0.4, 0.5) is 13.2 Å². The number of alkyl halides is 3. The van der Waals surface area contributed by atoms with Gasteiger partial charge in [-0.1, -0.05) is 12.1 Å². The highest BCUT2D eigenvalue weighted by atomic mass is 19.4. The number of aryl methyl sites for hydroxylation is 2. The Labute approximate surface area is 212 Å². The molecule has 0 aliphatic carbocycles. The third-order valence-corrected chi connectivity index (χ3v) is 5.52. The molecule has 0 atom stereocenters. The molecule has 0 aliphatic heterocycles. The number of ether oxygens (including phenoxy) is 2. The highest BCUT2D eigenvalue weighted by Gasteiger charge is 2.30. The van der Waals surface area contributed by atoms with Crippen LogP contribution in [0.15, 0.2) is 54.6 Å². The number of nitrogens with zero attached hydrogens (tertiary/aromatic N) is 1. The first kappa shape index (κ1) is 27.5. The largest absolute Gasteiger partial charge is 0.492 e. The van der Waals surface area contributed by atoms with Gasteiger partial charge >= 0.3 is 12.1 Å². The number of pyridine rings is 1. The Bertz CT molecular complexity index is 1290. The second kappa shape index (κ2) is 10.9. The van der Waals surface area contributed by atoms with E-state index in [0.29, 0.717) is 39.6 Å². The smallest absolute Gasteiger partial charge is 0.416 e. The summed E-state index contributed by atoms with van der Waals surface area (Å²) in [5.41, 5.74) is 0.328. The summed E-state index contributed by atoms with van der Waals surface area (Å²) in [6.07, 6.45) is -4.41.